The number of carbonyl (C=O) groups excluding carboxylic acids is 4. The number of aryl methyl sites for hydroxylation is 1. The van der Waals surface area contributed by atoms with Gasteiger partial charge in [-0.1, -0.05) is 95.0 Å². The van der Waals surface area contributed by atoms with Gasteiger partial charge in [-0.25, -0.2) is 0 Å². The smallest absolute Gasteiger partial charge is 0.642 e. The first-order chi connectivity index (χ1) is 23.8. The number of hydrogen-bond donors (Lipinski definition) is 1. The molecule has 3 amide bonds. The van der Waals surface area contributed by atoms with Crippen LogP contribution in [0.1, 0.15) is 84.6 Å². The van der Waals surface area contributed by atoms with Crippen LogP contribution in [0.15, 0.2) is 42.5 Å². The van der Waals surface area contributed by atoms with E-state index in [1.165, 1.54) is 53.3 Å². The Labute approximate surface area is 346 Å². The van der Waals surface area contributed by atoms with Crippen LogP contribution in [0.25, 0.3) is 16.1 Å². The quantitative estimate of drug-likeness (QED) is 0.375. The van der Waals surface area contributed by atoms with Gasteiger partial charge < -0.3 is 25.0 Å². The minimum atomic E-state index is -0.927. The molecule has 2 aromatic carbocycles. The molecule has 8 rings (SSSR count). The van der Waals surface area contributed by atoms with Crippen molar-refractivity contribution in [3.8, 4) is 0 Å². The number of fused-ring (bicyclic) bond motifs is 1. The molecule has 4 aliphatic carbocycles. The first-order valence-electron chi connectivity index (χ1n) is 19.0. The first kappa shape index (κ1) is 39.0. The average Bonchev–Trinajstić information content (AvgIpc) is 3.52. The summed E-state index contributed by atoms with van der Waals surface area (Å²) < 4.78 is 0. The summed E-state index contributed by atoms with van der Waals surface area (Å²) in [5, 5.41) is 17.3. The van der Waals surface area contributed by atoms with E-state index >= 15 is 0 Å². The summed E-state index contributed by atoms with van der Waals surface area (Å²) in [7, 11) is 0. The third-order valence-corrected chi connectivity index (χ3v) is 14.2. The van der Waals surface area contributed by atoms with E-state index < -0.39 is 35.4 Å². The van der Waals surface area contributed by atoms with E-state index in [0.717, 1.165) is 25.9 Å². The number of ketones is 1. The van der Waals surface area contributed by atoms with Crippen LogP contribution in [0.5, 0.6) is 0 Å². The summed E-state index contributed by atoms with van der Waals surface area (Å²) in [5.41, 5.74) is 0.754. The van der Waals surface area contributed by atoms with Gasteiger partial charge in [-0.05, 0) is 66.2 Å². The van der Waals surface area contributed by atoms with E-state index in [0.29, 0.717) is 19.1 Å². The zero-order valence-electron chi connectivity index (χ0n) is 31.6. The van der Waals surface area contributed by atoms with Crippen molar-refractivity contribution in [3.63, 3.8) is 0 Å². The van der Waals surface area contributed by atoms with Gasteiger partial charge in [0.15, 0.2) is 5.78 Å². The van der Waals surface area contributed by atoms with Gasteiger partial charge in [-0.3, -0.25) is 19.3 Å². The van der Waals surface area contributed by atoms with Gasteiger partial charge in [0.25, 0.3) is 0 Å². The van der Waals surface area contributed by atoms with Crippen LogP contribution in [0.4, 0.5) is 0 Å². The summed E-state index contributed by atoms with van der Waals surface area (Å²) in [5.74, 6) is -1.83. The van der Waals surface area contributed by atoms with Crippen LogP contribution in [0, 0.1) is 35.0 Å². The van der Waals surface area contributed by atoms with Crippen LogP contribution in [-0.4, -0.2) is 100 Å². The topological polar surface area (TPSA) is 112 Å². The second-order valence-corrected chi connectivity index (χ2v) is 17.0. The van der Waals surface area contributed by atoms with E-state index in [4.69, 9.17) is 0 Å². The number of piperazine rings is 1. The van der Waals surface area contributed by atoms with Crippen molar-refractivity contribution in [1.29, 1.82) is 0 Å². The molecule has 0 aromatic heterocycles. The summed E-state index contributed by atoms with van der Waals surface area (Å²) >= 11 is 0. The Bertz CT molecular complexity index is 1670. The van der Waals surface area contributed by atoms with Crippen molar-refractivity contribution in [3.05, 3.63) is 53.3 Å². The minimum Gasteiger partial charge on any atom is -0.642 e. The van der Waals surface area contributed by atoms with Crippen LogP contribution in [-0.2, 0) is 19.2 Å². The molecule has 270 valence electrons. The molecule has 0 spiro atoms. The van der Waals surface area contributed by atoms with Crippen LogP contribution >= 0.6 is 0 Å². The van der Waals surface area contributed by atoms with Gasteiger partial charge in [0, 0.05) is 50.6 Å². The fourth-order valence-electron chi connectivity index (χ4n) is 11.1. The maximum absolute atomic E-state index is 13.8. The molecule has 51 heavy (non-hydrogen) atoms. The number of aliphatic hydroxyl groups excluding tert-OH is 1. The molecule has 2 aliphatic heterocycles. The number of β-amino-alcohol motifs (C(OH)–C–C–N with tert-alkyl or cyclic N) is 1. The van der Waals surface area contributed by atoms with E-state index in [2.05, 4.69) is 73.5 Å². The SMILES string of the molecule is C[C@H]([N-]C(=O)[C@@H]1C[C@@H](O)CN1C(=O)C1C(=O)[C@@]2(C)CC3(C)C[C@H]1C32C)C(=O)N1CCN(C2CCCCC2)CC1.Cc1ccc2ccccc2c1.[K+]. The Morgan fingerprint density at radius 2 is 1.61 bits per heavy atom. The van der Waals surface area contributed by atoms with E-state index in [9.17, 15) is 24.3 Å². The van der Waals surface area contributed by atoms with Crippen molar-refractivity contribution < 1.29 is 75.7 Å². The zero-order valence-corrected chi connectivity index (χ0v) is 34.7. The summed E-state index contributed by atoms with van der Waals surface area (Å²) in [6.45, 7) is 13.1. The Morgan fingerprint density at radius 3 is 2.25 bits per heavy atom. The summed E-state index contributed by atoms with van der Waals surface area (Å²) in [6, 6.07) is 13.8. The molecular formula is C41H55KN4O5. The van der Waals surface area contributed by atoms with Gasteiger partial charge in [0.2, 0.25) is 11.8 Å². The summed E-state index contributed by atoms with van der Waals surface area (Å²) in [6.07, 6.45) is 7.26. The van der Waals surface area contributed by atoms with Crippen LogP contribution in [0.2, 0.25) is 0 Å². The maximum atomic E-state index is 13.8. The standard InChI is InChI=1S/C30H46N4O5.C11H10.K/c1-18(26(38)33-12-10-32(11-13-33)19-8-6-5-7-9-19)31-25(37)22-14-20(35)16-34(22)27(39)23-21-15-28(2)17-29(3,24(23)36)30(21,28)4;1-9-6-7-10-4-2-3-5-11(10)8-9;/h18-23,35H,5-17H2,1-4H3,(H,31,37);2-8H,1H3;/q;;+1/p-1/t18-,20+,21+,22-,23?,28?,29+,30?;;/m0../s1. The van der Waals surface area contributed by atoms with Gasteiger partial charge in [-0.15, -0.1) is 0 Å². The first-order valence-corrected chi connectivity index (χ1v) is 19.0. The average molecular weight is 723 g/mol. The predicted octanol–water partition coefficient (Wildman–Crippen LogP) is 2.51. The number of hydrogen-bond acceptors (Lipinski definition) is 6. The molecule has 0 radical (unpaired) electrons. The molecular weight excluding hydrogens is 668 g/mol. The third kappa shape index (κ3) is 6.61. The Hall–Kier alpha value is -1.66. The molecule has 9 nitrogen and oxygen atoms in total. The van der Waals surface area contributed by atoms with Crippen molar-refractivity contribution >= 4 is 34.3 Å². The van der Waals surface area contributed by atoms with Crippen molar-refractivity contribution in [2.45, 2.75) is 110 Å². The summed E-state index contributed by atoms with van der Waals surface area (Å²) in [4.78, 5) is 59.5. The largest absolute Gasteiger partial charge is 1.00 e. The molecule has 0 bridgehead atoms. The Balaban J connectivity index is 0.000000317. The normalized spacial score (nSPS) is 35.1. The second kappa shape index (κ2) is 14.9. The van der Waals surface area contributed by atoms with Crippen LogP contribution < -0.4 is 51.4 Å². The molecule has 10 heteroatoms. The molecule has 6 fully saturated rings. The van der Waals surface area contributed by atoms with Crippen molar-refractivity contribution in [1.82, 2.24) is 14.7 Å². The minimum absolute atomic E-state index is 0. The third-order valence-electron chi connectivity index (χ3n) is 14.2. The fraction of sp³-hybridized carbons (Fsp3) is 0.659. The van der Waals surface area contributed by atoms with Gasteiger partial charge in [0.1, 0.15) is 5.92 Å². The van der Waals surface area contributed by atoms with Crippen LogP contribution in [0.3, 0.4) is 0 Å². The Kier molecular flexibility index (Phi) is 11.4. The molecule has 6 aliphatic rings. The van der Waals surface area contributed by atoms with Crippen molar-refractivity contribution in [2.24, 2.45) is 28.1 Å². The number of carbonyl (C=O) groups is 4. The van der Waals surface area contributed by atoms with Gasteiger partial charge in [-0.2, -0.15) is 0 Å². The monoisotopic (exact) mass is 722 g/mol. The number of likely N-dealkylation sites (tertiary alicyclic amines) is 1. The number of nitrogens with zero attached hydrogens (tertiary/aromatic N) is 4. The molecule has 1 N–H and O–H groups in total. The second-order valence-electron chi connectivity index (χ2n) is 17.0. The zero-order chi connectivity index (χ0) is 35.6. The van der Waals surface area contributed by atoms with E-state index in [1.807, 2.05) is 6.92 Å². The molecule has 8 atom stereocenters. The number of amides is 3. The molecule has 2 saturated heterocycles. The van der Waals surface area contributed by atoms with Gasteiger partial charge in [0.05, 0.1) is 18.1 Å². The molecule has 2 aromatic rings. The van der Waals surface area contributed by atoms with E-state index in [-0.39, 0.29) is 98.7 Å². The fourth-order valence-corrected chi connectivity index (χ4v) is 11.1. The predicted molar refractivity (Wildman–Crippen MR) is 193 cm³/mol. The molecule has 3 unspecified atom stereocenters. The number of Topliss-reactive ketones (excluding diaryl/α,β-unsaturated/α-hetero) is 1. The molecule has 4 saturated carbocycles. The number of benzene rings is 2. The number of rotatable bonds is 5. The van der Waals surface area contributed by atoms with Crippen molar-refractivity contribution in [2.75, 3.05) is 32.7 Å². The molecule has 2 heterocycles. The van der Waals surface area contributed by atoms with E-state index in [1.54, 1.807) is 11.8 Å². The maximum Gasteiger partial charge on any atom is 1.00 e. The Morgan fingerprint density at radius 1 is 0.941 bits per heavy atom. The van der Waals surface area contributed by atoms with Gasteiger partial charge >= 0.3 is 51.4 Å². The number of aliphatic hydroxyl groups is 1.